The molecule has 2 bridgehead atoms. The number of nitrogens with zero attached hydrogens (tertiary/aromatic N) is 3. The zero-order valence-corrected chi connectivity index (χ0v) is 20.3. The highest BCUT2D eigenvalue weighted by Gasteiger charge is 2.60. The van der Waals surface area contributed by atoms with Crippen LogP contribution >= 0.6 is 11.3 Å². The average molecular weight is 521 g/mol. The van der Waals surface area contributed by atoms with E-state index in [1.54, 1.807) is 23.7 Å². The molecule has 2 fully saturated rings. The van der Waals surface area contributed by atoms with E-state index >= 15 is 0 Å². The molecule has 6 rings (SSSR count). The molecule has 11 heteroatoms. The van der Waals surface area contributed by atoms with Crippen LogP contribution in [0.15, 0.2) is 48.9 Å². The molecule has 3 heterocycles. The van der Waals surface area contributed by atoms with Gasteiger partial charge in [-0.05, 0) is 72.4 Å². The van der Waals surface area contributed by atoms with Gasteiger partial charge in [-0.15, -0.1) is 11.3 Å². The van der Waals surface area contributed by atoms with Gasteiger partial charge in [-0.25, -0.2) is 4.98 Å². The molecule has 3 atom stereocenters. The van der Waals surface area contributed by atoms with Crippen LogP contribution in [-0.4, -0.2) is 47.5 Å². The highest BCUT2D eigenvalue weighted by atomic mass is 32.2. The Hall–Kier alpha value is -2.34. The van der Waals surface area contributed by atoms with Crippen molar-refractivity contribution in [1.82, 2.24) is 19.0 Å². The van der Waals surface area contributed by atoms with Gasteiger partial charge in [0.1, 0.15) is 11.6 Å². The van der Waals surface area contributed by atoms with Gasteiger partial charge in [-0.1, -0.05) is 12.1 Å². The Morgan fingerprint density at radius 1 is 1.06 bits per heavy atom. The van der Waals surface area contributed by atoms with Crippen molar-refractivity contribution < 1.29 is 21.6 Å². The first kappa shape index (κ1) is 23.1. The molecule has 1 aromatic carbocycles. The molecule has 1 aliphatic heterocycles. The van der Waals surface area contributed by atoms with E-state index < -0.39 is 28.5 Å². The molecule has 6 nitrogen and oxygen atoms in total. The normalized spacial score (nSPS) is 27.7. The van der Waals surface area contributed by atoms with Gasteiger partial charge in [-0.2, -0.15) is 30.6 Å². The van der Waals surface area contributed by atoms with Crippen LogP contribution in [0.4, 0.5) is 13.2 Å². The van der Waals surface area contributed by atoms with Gasteiger partial charge in [-0.3, -0.25) is 4.98 Å². The van der Waals surface area contributed by atoms with Crippen LogP contribution in [0.2, 0.25) is 0 Å². The summed E-state index contributed by atoms with van der Waals surface area (Å²) in [6.07, 6.45) is 3.63. The van der Waals surface area contributed by atoms with E-state index in [4.69, 9.17) is 0 Å². The van der Waals surface area contributed by atoms with Crippen LogP contribution in [0.5, 0.6) is 0 Å². The predicted octanol–water partition coefficient (Wildman–Crippen LogP) is 4.45. The number of fused-ring (bicyclic) bond motifs is 1. The number of thiazole rings is 1. The fourth-order valence-corrected chi connectivity index (χ4v) is 8.66. The summed E-state index contributed by atoms with van der Waals surface area (Å²) in [7, 11) is -4.18. The quantitative estimate of drug-likeness (QED) is 0.554. The Morgan fingerprint density at radius 2 is 1.77 bits per heavy atom. The summed E-state index contributed by atoms with van der Waals surface area (Å²) in [5.74, 6) is -0.0913. The smallest absolute Gasteiger partial charge is 0.265 e. The van der Waals surface area contributed by atoms with Crippen LogP contribution in [-0.2, 0) is 23.1 Å². The van der Waals surface area contributed by atoms with Crippen molar-refractivity contribution in [3.63, 3.8) is 0 Å². The fourth-order valence-electron chi connectivity index (χ4n) is 6.03. The summed E-state index contributed by atoms with van der Waals surface area (Å²) < 4.78 is 67.9. The van der Waals surface area contributed by atoms with E-state index in [1.165, 1.54) is 0 Å². The monoisotopic (exact) mass is 520 g/mol. The molecule has 35 heavy (non-hydrogen) atoms. The Balaban J connectivity index is 1.30. The summed E-state index contributed by atoms with van der Waals surface area (Å²) in [5.41, 5.74) is 3.45. The second kappa shape index (κ2) is 8.09. The summed E-state index contributed by atoms with van der Waals surface area (Å²) >= 11 is 1.59. The van der Waals surface area contributed by atoms with E-state index in [2.05, 4.69) is 26.8 Å². The van der Waals surface area contributed by atoms with Crippen LogP contribution in [0.1, 0.15) is 24.0 Å². The molecule has 1 N–H and O–H groups in total. The van der Waals surface area contributed by atoms with Crippen LogP contribution in [0.3, 0.4) is 0 Å². The highest BCUT2D eigenvalue weighted by molar-refractivity contribution is 7.87. The molecular formula is C24H23F3N4O2S2. The molecule has 3 aliphatic rings. The van der Waals surface area contributed by atoms with Crippen molar-refractivity contribution in [2.45, 2.75) is 37.4 Å². The third-order valence-corrected chi connectivity index (χ3v) is 10.3. The summed E-state index contributed by atoms with van der Waals surface area (Å²) in [6, 6.07) is 10.1. The van der Waals surface area contributed by atoms with Crippen LogP contribution < -0.4 is 4.72 Å². The zero-order valence-electron chi connectivity index (χ0n) is 18.6. The lowest BCUT2D eigenvalue weighted by atomic mass is 9.79. The van der Waals surface area contributed by atoms with Crippen LogP contribution in [0.25, 0.3) is 21.0 Å². The zero-order chi connectivity index (χ0) is 24.4. The first-order valence-corrected chi connectivity index (χ1v) is 13.7. The first-order valence-electron chi connectivity index (χ1n) is 11.5. The number of alkyl halides is 3. The average Bonchev–Trinajstić information content (AvgIpc) is 3.43. The fraction of sp³-hybridized carbons (Fsp3) is 0.417. The van der Waals surface area contributed by atoms with Crippen molar-refractivity contribution in [3.05, 3.63) is 60.0 Å². The third kappa shape index (κ3) is 4.08. The highest BCUT2D eigenvalue weighted by Crippen LogP contribution is 2.51. The maximum absolute atomic E-state index is 13.1. The van der Waals surface area contributed by atoms with Crippen molar-refractivity contribution in [1.29, 1.82) is 0 Å². The van der Waals surface area contributed by atoms with E-state index in [-0.39, 0.29) is 18.4 Å². The number of hydrogen-bond donors (Lipinski definition) is 1. The second-order valence-electron chi connectivity index (χ2n) is 9.66. The van der Waals surface area contributed by atoms with E-state index in [0.717, 1.165) is 45.0 Å². The van der Waals surface area contributed by atoms with Crippen molar-refractivity contribution >= 4 is 21.5 Å². The van der Waals surface area contributed by atoms with E-state index in [9.17, 15) is 21.6 Å². The molecule has 2 aliphatic carbocycles. The maximum Gasteiger partial charge on any atom is 0.402 e. The molecule has 0 unspecified atom stereocenters. The maximum atomic E-state index is 13.1. The summed E-state index contributed by atoms with van der Waals surface area (Å²) in [4.78, 5) is 9.71. The minimum Gasteiger partial charge on any atom is -0.265 e. The molecule has 3 aromatic rings. The standard InChI is InChI=1S/C24H23F3N4O2S2/c25-24(26,27)14-31-13-23(30-35(31,32)33)19-3-4-20(23)11-18-9-17(2-1-16(18)10-19)22-29-12-21(34-22)15-5-7-28-8-6-15/h1-2,5-9,12,19-20,30H,3-4,10-11,13-14H2/t19-,20+,23+/m0/s1. The van der Waals surface area contributed by atoms with Gasteiger partial charge in [0.15, 0.2) is 0 Å². The van der Waals surface area contributed by atoms with Gasteiger partial charge in [0.25, 0.3) is 10.2 Å². The second-order valence-corrected chi connectivity index (χ2v) is 12.4. The van der Waals surface area contributed by atoms with Gasteiger partial charge in [0.05, 0.1) is 10.4 Å². The van der Waals surface area contributed by atoms with Gasteiger partial charge < -0.3 is 0 Å². The minimum atomic E-state index is -4.58. The molecular weight excluding hydrogens is 497 g/mol. The van der Waals surface area contributed by atoms with E-state index in [1.807, 2.05) is 24.4 Å². The lowest BCUT2D eigenvalue weighted by molar-refractivity contribution is -0.136. The number of rotatable bonds is 3. The number of nitrogens with one attached hydrogen (secondary N) is 1. The molecule has 0 amide bonds. The topological polar surface area (TPSA) is 75.2 Å². The lowest BCUT2D eigenvalue weighted by Crippen LogP contribution is -2.52. The lowest BCUT2D eigenvalue weighted by Gasteiger charge is -2.33. The van der Waals surface area contributed by atoms with Crippen molar-refractivity contribution in [3.8, 4) is 21.0 Å². The number of pyridine rings is 1. The number of aromatic nitrogens is 2. The molecule has 2 aromatic heterocycles. The Bertz CT molecular complexity index is 1380. The minimum absolute atomic E-state index is 0.0363. The molecule has 184 valence electrons. The van der Waals surface area contributed by atoms with E-state index in [0.29, 0.717) is 17.1 Å². The first-order chi connectivity index (χ1) is 16.6. The Morgan fingerprint density at radius 3 is 2.49 bits per heavy atom. The third-order valence-electron chi connectivity index (χ3n) is 7.63. The number of hydrogen-bond acceptors (Lipinski definition) is 5. The van der Waals surface area contributed by atoms with Crippen molar-refractivity contribution in [2.75, 3.05) is 13.1 Å². The van der Waals surface area contributed by atoms with Crippen LogP contribution in [0, 0.1) is 11.8 Å². The van der Waals surface area contributed by atoms with Gasteiger partial charge >= 0.3 is 6.18 Å². The largest absolute Gasteiger partial charge is 0.402 e. The Labute approximate surface area is 205 Å². The van der Waals surface area contributed by atoms with Crippen molar-refractivity contribution in [2.24, 2.45) is 11.8 Å². The SMILES string of the molecule is O=S1(=O)N[C@@]2(CN1CC(F)(F)F)[C@@H]1CC[C@H]2Cc2ccc(-c3ncc(-c4ccncc4)s3)cc2C1. The number of benzene rings is 1. The number of halogens is 3. The summed E-state index contributed by atoms with van der Waals surface area (Å²) in [6.45, 7) is -1.59. The molecule has 1 saturated carbocycles. The Kier molecular flexibility index (Phi) is 5.33. The molecule has 1 spiro atoms. The summed E-state index contributed by atoms with van der Waals surface area (Å²) in [5, 5.41) is 0.890. The molecule has 0 radical (unpaired) electrons. The molecule has 1 saturated heterocycles. The van der Waals surface area contributed by atoms with Gasteiger partial charge in [0, 0.05) is 30.7 Å². The predicted molar refractivity (Wildman–Crippen MR) is 127 cm³/mol. The van der Waals surface area contributed by atoms with Gasteiger partial charge in [0.2, 0.25) is 0 Å².